The Kier molecular flexibility index (Phi) is 4.50. The summed E-state index contributed by atoms with van der Waals surface area (Å²) in [6.45, 7) is 2.00. The van der Waals surface area contributed by atoms with E-state index in [9.17, 15) is 4.79 Å². The second-order valence-electron chi connectivity index (χ2n) is 6.23. The van der Waals surface area contributed by atoms with Crippen molar-refractivity contribution in [2.45, 2.75) is 13.3 Å². The van der Waals surface area contributed by atoms with E-state index in [1.54, 1.807) is 11.3 Å². The molecule has 0 spiro atoms. The summed E-state index contributed by atoms with van der Waals surface area (Å²) in [5.74, 6) is -0.0132. The number of benzene rings is 3. The largest absolute Gasteiger partial charge is 0.326 e. The molecule has 3 nitrogen and oxygen atoms in total. The summed E-state index contributed by atoms with van der Waals surface area (Å²) in [7, 11) is 0. The van der Waals surface area contributed by atoms with Crippen LogP contribution in [0.3, 0.4) is 0 Å². The number of hydrogen-bond donors (Lipinski definition) is 1. The Hall–Kier alpha value is -2.98. The molecular weight excluding hydrogens is 340 g/mol. The molecule has 0 saturated carbocycles. The number of hydrogen-bond acceptors (Lipinski definition) is 3. The summed E-state index contributed by atoms with van der Waals surface area (Å²) in [6, 6.07) is 24.0. The van der Waals surface area contributed by atoms with E-state index in [0.717, 1.165) is 37.6 Å². The van der Waals surface area contributed by atoms with Gasteiger partial charge in [0.25, 0.3) is 0 Å². The van der Waals surface area contributed by atoms with Gasteiger partial charge in [-0.2, -0.15) is 0 Å². The van der Waals surface area contributed by atoms with Crippen LogP contribution in [-0.2, 0) is 11.2 Å². The van der Waals surface area contributed by atoms with E-state index in [1.165, 1.54) is 0 Å². The van der Waals surface area contributed by atoms with Crippen molar-refractivity contribution in [3.63, 3.8) is 0 Å². The molecule has 26 heavy (non-hydrogen) atoms. The highest BCUT2D eigenvalue weighted by molar-refractivity contribution is 7.21. The van der Waals surface area contributed by atoms with Gasteiger partial charge in [0, 0.05) is 11.3 Å². The topological polar surface area (TPSA) is 42.0 Å². The highest BCUT2D eigenvalue weighted by Gasteiger charge is 2.10. The van der Waals surface area contributed by atoms with Crippen LogP contribution in [-0.4, -0.2) is 10.9 Å². The molecule has 0 radical (unpaired) electrons. The Morgan fingerprint density at radius 3 is 2.58 bits per heavy atom. The SMILES string of the molecule is Cc1ccc(-c2nc3ccccc3s2)cc1NC(=O)Cc1ccccc1. The van der Waals surface area contributed by atoms with Gasteiger partial charge in [0.15, 0.2) is 0 Å². The minimum Gasteiger partial charge on any atom is -0.326 e. The van der Waals surface area contributed by atoms with Gasteiger partial charge >= 0.3 is 0 Å². The molecule has 1 N–H and O–H groups in total. The number of rotatable bonds is 4. The summed E-state index contributed by atoms with van der Waals surface area (Å²) < 4.78 is 1.16. The third-order valence-corrected chi connectivity index (χ3v) is 5.35. The molecule has 4 heteroatoms. The highest BCUT2D eigenvalue weighted by atomic mass is 32.1. The number of nitrogens with one attached hydrogen (secondary N) is 1. The zero-order valence-electron chi connectivity index (χ0n) is 14.4. The summed E-state index contributed by atoms with van der Waals surface area (Å²) in [5, 5.41) is 4.00. The number of para-hydroxylation sites is 1. The number of fused-ring (bicyclic) bond motifs is 1. The Balaban J connectivity index is 1.59. The van der Waals surface area contributed by atoms with Crippen LogP contribution in [0.4, 0.5) is 5.69 Å². The number of anilines is 1. The molecule has 1 aromatic heterocycles. The van der Waals surface area contributed by atoms with E-state index in [4.69, 9.17) is 4.98 Å². The highest BCUT2D eigenvalue weighted by Crippen LogP contribution is 2.32. The first-order valence-electron chi connectivity index (χ1n) is 8.49. The second kappa shape index (κ2) is 7.10. The van der Waals surface area contributed by atoms with E-state index in [-0.39, 0.29) is 5.91 Å². The molecule has 0 aliphatic carbocycles. The third-order valence-electron chi connectivity index (χ3n) is 4.26. The van der Waals surface area contributed by atoms with Gasteiger partial charge in [-0.1, -0.05) is 54.6 Å². The van der Waals surface area contributed by atoms with Gasteiger partial charge < -0.3 is 5.32 Å². The Morgan fingerprint density at radius 2 is 1.77 bits per heavy atom. The lowest BCUT2D eigenvalue weighted by molar-refractivity contribution is -0.115. The molecule has 0 saturated heterocycles. The first kappa shape index (κ1) is 16.5. The van der Waals surface area contributed by atoms with Crippen LogP contribution < -0.4 is 5.32 Å². The van der Waals surface area contributed by atoms with Gasteiger partial charge in [-0.3, -0.25) is 4.79 Å². The maximum atomic E-state index is 12.4. The van der Waals surface area contributed by atoms with Gasteiger partial charge in [0.05, 0.1) is 16.6 Å². The lowest BCUT2D eigenvalue weighted by Crippen LogP contribution is -2.15. The Bertz CT molecular complexity index is 1040. The van der Waals surface area contributed by atoms with Crippen molar-refractivity contribution in [2.75, 3.05) is 5.32 Å². The number of amides is 1. The maximum absolute atomic E-state index is 12.4. The van der Waals surface area contributed by atoms with Crippen molar-refractivity contribution >= 4 is 33.1 Å². The number of aryl methyl sites for hydroxylation is 1. The first-order chi connectivity index (χ1) is 12.7. The zero-order chi connectivity index (χ0) is 17.9. The standard InChI is InChI=1S/C22H18N2OS/c1-15-11-12-17(22-24-18-9-5-6-10-20(18)26-22)14-19(15)23-21(25)13-16-7-3-2-4-8-16/h2-12,14H,13H2,1H3,(H,23,25). The molecule has 0 bridgehead atoms. The van der Waals surface area contributed by atoms with Crippen LogP contribution in [0.1, 0.15) is 11.1 Å². The number of carbonyl (C=O) groups is 1. The van der Waals surface area contributed by atoms with Gasteiger partial charge in [-0.25, -0.2) is 4.98 Å². The predicted octanol–water partition coefficient (Wildman–Crippen LogP) is 5.45. The van der Waals surface area contributed by atoms with Crippen LogP contribution in [0, 0.1) is 6.92 Å². The van der Waals surface area contributed by atoms with Crippen molar-refractivity contribution in [3.05, 3.63) is 83.9 Å². The molecule has 1 heterocycles. The van der Waals surface area contributed by atoms with E-state index in [0.29, 0.717) is 6.42 Å². The summed E-state index contributed by atoms with van der Waals surface area (Å²) in [4.78, 5) is 17.1. The molecule has 0 aliphatic heterocycles. The number of thiazole rings is 1. The molecule has 4 rings (SSSR count). The van der Waals surface area contributed by atoms with Crippen molar-refractivity contribution in [2.24, 2.45) is 0 Å². The lowest BCUT2D eigenvalue weighted by atomic mass is 10.1. The number of carbonyl (C=O) groups excluding carboxylic acids is 1. The normalized spacial score (nSPS) is 10.8. The van der Waals surface area contributed by atoms with Crippen molar-refractivity contribution in [1.29, 1.82) is 0 Å². The van der Waals surface area contributed by atoms with Crippen LogP contribution in [0.15, 0.2) is 72.8 Å². The maximum Gasteiger partial charge on any atom is 0.228 e. The van der Waals surface area contributed by atoms with E-state index in [2.05, 4.69) is 17.4 Å². The molecule has 0 fully saturated rings. The molecular formula is C22H18N2OS. The van der Waals surface area contributed by atoms with Gasteiger partial charge in [0.2, 0.25) is 5.91 Å². The minimum atomic E-state index is -0.0132. The quantitative estimate of drug-likeness (QED) is 0.527. The minimum absolute atomic E-state index is 0.0132. The molecule has 128 valence electrons. The van der Waals surface area contributed by atoms with E-state index < -0.39 is 0 Å². The van der Waals surface area contributed by atoms with Gasteiger partial charge in [0.1, 0.15) is 5.01 Å². The fourth-order valence-corrected chi connectivity index (χ4v) is 3.82. The van der Waals surface area contributed by atoms with Gasteiger partial charge in [-0.15, -0.1) is 11.3 Å². The molecule has 0 atom stereocenters. The molecule has 3 aromatic carbocycles. The van der Waals surface area contributed by atoms with Gasteiger partial charge in [-0.05, 0) is 36.2 Å². The Labute approximate surface area is 156 Å². The second-order valence-corrected chi connectivity index (χ2v) is 7.26. The van der Waals surface area contributed by atoms with Crippen LogP contribution in [0.2, 0.25) is 0 Å². The van der Waals surface area contributed by atoms with Crippen LogP contribution >= 0.6 is 11.3 Å². The lowest BCUT2D eigenvalue weighted by Gasteiger charge is -2.10. The summed E-state index contributed by atoms with van der Waals surface area (Å²) in [6.07, 6.45) is 0.367. The third kappa shape index (κ3) is 3.51. The average Bonchev–Trinajstić information content (AvgIpc) is 3.08. The summed E-state index contributed by atoms with van der Waals surface area (Å²) in [5.41, 5.74) is 4.90. The fourth-order valence-electron chi connectivity index (χ4n) is 2.86. The smallest absolute Gasteiger partial charge is 0.228 e. The molecule has 0 aliphatic rings. The van der Waals surface area contributed by atoms with E-state index >= 15 is 0 Å². The van der Waals surface area contributed by atoms with Crippen LogP contribution in [0.5, 0.6) is 0 Å². The number of aromatic nitrogens is 1. The van der Waals surface area contributed by atoms with Crippen molar-refractivity contribution < 1.29 is 4.79 Å². The molecule has 1 amide bonds. The average molecular weight is 358 g/mol. The van der Waals surface area contributed by atoms with E-state index in [1.807, 2.05) is 67.6 Å². The predicted molar refractivity (Wildman–Crippen MR) is 109 cm³/mol. The summed E-state index contributed by atoms with van der Waals surface area (Å²) >= 11 is 1.66. The van der Waals surface area contributed by atoms with Crippen molar-refractivity contribution in [1.82, 2.24) is 4.98 Å². The molecule has 4 aromatic rings. The zero-order valence-corrected chi connectivity index (χ0v) is 15.2. The van der Waals surface area contributed by atoms with Crippen LogP contribution in [0.25, 0.3) is 20.8 Å². The fraction of sp³-hybridized carbons (Fsp3) is 0.0909. The monoisotopic (exact) mass is 358 g/mol. The first-order valence-corrected chi connectivity index (χ1v) is 9.31. The number of nitrogens with zero attached hydrogens (tertiary/aromatic N) is 1. The van der Waals surface area contributed by atoms with Crippen molar-refractivity contribution in [3.8, 4) is 10.6 Å². The molecule has 0 unspecified atom stereocenters. The Morgan fingerprint density at radius 1 is 1.00 bits per heavy atom.